The van der Waals surface area contributed by atoms with E-state index in [4.69, 9.17) is 5.73 Å². The SMILES string of the molecule is CC(C)[C@@H](C)[C@@H](C)CN. The van der Waals surface area contributed by atoms with Gasteiger partial charge in [-0.3, -0.25) is 0 Å². The molecule has 9 heavy (non-hydrogen) atoms. The molecule has 0 aromatic rings. The van der Waals surface area contributed by atoms with Gasteiger partial charge in [-0.2, -0.15) is 0 Å². The molecule has 2 N–H and O–H groups in total. The summed E-state index contributed by atoms with van der Waals surface area (Å²) in [6.07, 6.45) is 0. The van der Waals surface area contributed by atoms with Crippen LogP contribution in [0.2, 0.25) is 0 Å². The van der Waals surface area contributed by atoms with E-state index in [0.29, 0.717) is 5.92 Å². The predicted molar refractivity (Wildman–Crippen MR) is 42.2 cm³/mol. The molecule has 56 valence electrons. The molecule has 0 aromatic heterocycles. The first-order valence-electron chi connectivity index (χ1n) is 3.79. The van der Waals surface area contributed by atoms with Crippen molar-refractivity contribution in [2.45, 2.75) is 27.7 Å². The molecular formula is C8H19N. The van der Waals surface area contributed by atoms with Crippen molar-refractivity contribution in [2.24, 2.45) is 23.5 Å². The monoisotopic (exact) mass is 129 g/mol. The molecule has 1 heteroatoms. The quantitative estimate of drug-likeness (QED) is 0.618. The number of nitrogens with two attached hydrogens (primary N) is 1. The predicted octanol–water partition coefficient (Wildman–Crippen LogP) is 1.87. The van der Waals surface area contributed by atoms with Gasteiger partial charge in [-0.05, 0) is 24.3 Å². The molecule has 0 aromatic carbocycles. The van der Waals surface area contributed by atoms with Gasteiger partial charge in [-0.1, -0.05) is 27.7 Å². The van der Waals surface area contributed by atoms with Crippen LogP contribution in [0, 0.1) is 17.8 Å². The minimum atomic E-state index is 0.671. The Kier molecular flexibility index (Phi) is 3.87. The average molecular weight is 129 g/mol. The Morgan fingerprint density at radius 2 is 1.56 bits per heavy atom. The summed E-state index contributed by atoms with van der Waals surface area (Å²) in [6.45, 7) is 9.79. The Labute approximate surface area is 58.6 Å². The molecule has 0 rings (SSSR count). The van der Waals surface area contributed by atoms with Gasteiger partial charge in [0.05, 0.1) is 0 Å². The van der Waals surface area contributed by atoms with E-state index in [2.05, 4.69) is 27.7 Å². The summed E-state index contributed by atoms with van der Waals surface area (Å²) >= 11 is 0. The third-order valence-electron chi connectivity index (χ3n) is 2.32. The summed E-state index contributed by atoms with van der Waals surface area (Å²) in [5, 5.41) is 0. The van der Waals surface area contributed by atoms with E-state index in [1.807, 2.05) is 0 Å². The maximum absolute atomic E-state index is 5.51. The van der Waals surface area contributed by atoms with Gasteiger partial charge in [0.2, 0.25) is 0 Å². The number of hydrogen-bond donors (Lipinski definition) is 1. The molecule has 0 aliphatic rings. The molecule has 0 saturated carbocycles. The molecule has 0 radical (unpaired) electrons. The van der Waals surface area contributed by atoms with Crippen LogP contribution in [0.4, 0.5) is 0 Å². The van der Waals surface area contributed by atoms with E-state index in [9.17, 15) is 0 Å². The first-order chi connectivity index (χ1) is 4.09. The Morgan fingerprint density at radius 3 is 1.67 bits per heavy atom. The summed E-state index contributed by atoms with van der Waals surface area (Å²) in [7, 11) is 0. The number of rotatable bonds is 3. The molecule has 0 fully saturated rings. The second-order valence-corrected chi connectivity index (χ2v) is 3.32. The molecular weight excluding hydrogens is 110 g/mol. The summed E-state index contributed by atoms with van der Waals surface area (Å²) in [5.74, 6) is 2.20. The van der Waals surface area contributed by atoms with Crippen LogP contribution in [-0.2, 0) is 0 Å². The first kappa shape index (κ1) is 8.96. The fraction of sp³-hybridized carbons (Fsp3) is 1.00. The smallest absolute Gasteiger partial charge is 0.00489 e. The van der Waals surface area contributed by atoms with Crippen molar-refractivity contribution in [1.82, 2.24) is 0 Å². The second kappa shape index (κ2) is 3.89. The standard InChI is InChI=1S/C8H19N/c1-6(2)8(4)7(3)5-9/h6-8H,5,9H2,1-4H3/t7-,8+/m0/s1. The zero-order valence-electron chi connectivity index (χ0n) is 7.02. The van der Waals surface area contributed by atoms with Crippen molar-refractivity contribution in [3.05, 3.63) is 0 Å². The van der Waals surface area contributed by atoms with Crippen molar-refractivity contribution in [3.8, 4) is 0 Å². The molecule has 0 unspecified atom stereocenters. The second-order valence-electron chi connectivity index (χ2n) is 3.32. The average Bonchev–Trinajstić information content (AvgIpc) is 1.84. The van der Waals surface area contributed by atoms with E-state index in [0.717, 1.165) is 18.4 Å². The van der Waals surface area contributed by atoms with Crippen molar-refractivity contribution in [3.63, 3.8) is 0 Å². The molecule has 0 bridgehead atoms. The molecule has 0 aliphatic heterocycles. The molecule has 1 nitrogen and oxygen atoms in total. The van der Waals surface area contributed by atoms with E-state index in [-0.39, 0.29) is 0 Å². The van der Waals surface area contributed by atoms with Crippen LogP contribution < -0.4 is 5.73 Å². The van der Waals surface area contributed by atoms with Gasteiger partial charge in [0.25, 0.3) is 0 Å². The van der Waals surface area contributed by atoms with Crippen molar-refractivity contribution >= 4 is 0 Å². The Bertz CT molecular complexity index is 69.0. The number of hydrogen-bond acceptors (Lipinski definition) is 1. The van der Waals surface area contributed by atoms with Crippen molar-refractivity contribution < 1.29 is 0 Å². The largest absolute Gasteiger partial charge is 0.330 e. The van der Waals surface area contributed by atoms with Crippen LogP contribution in [0.15, 0.2) is 0 Å². The Hall–Kier alpha value is -0.0400. The van der Waals surface area contributed by atoms with Gasteiger partial charge in [-0.15, -0.1) is 0 Å². The van der Waals surface area contributed by atoms with Crippen molar-refractivity contribution in [1.29, 1.82) is 0 Å². The van der Waals surface area contributed by atoms with Gasteiger partial charge < -0.3 is 5.73 Å². The summed E-state index contributed by atoms with van der Waals surface area (Å²) in [6, 6.07) is 0. The van der Waals surface area contributed by atoms with Gasteiger partial charge >= 0.3 is 0 Å². The maximum Gasteiger partial charge on any atom is -0.00489 e. The Balaban J connectivity index is 3.58. The Morgan fingerprint density at radius 1 is 1.11 bits per heavy atom. The highest BCUT2D eigenvalue weighted by atomic mass is 14.5. The molecule has 0 saturated heterocycles. The highest BCUT2D eigenvalue weighted by Crippen LogP contribution is 2.18. The minimum Gasteiger partial charge on any atom is -0.330 e. The zero-order valence-corrected chi connectivity index (χ0v) is 7.02. The molecule has 0 aliphatic carbocycles. The third-order valence-corrected chi connectivity index (χ3v) is 2.32. The summed E-state index contributed by atoms with van der Waals surface area (Å²) in [4.78, 5) is 0. The first-order valence-corrected chi connectivity index (χ1v) is 3.79. The van der Waals surface area contributed by atoms with Gasteiger partial charge in [0.1, 0.15) is 0 Å². The van der Waals surface area contributed by atoms with Gasteiger partial charge in [-0.25, -0.2) is 0 Å². The molecule has 0 heterocycles. The maximum atomic E-state index is 5.51. The van der Waals surface area contributed by atoms with Crippen LogP contribution >= 0.6 is 0 Å². The van der Waals surface area contributed by atoms with Crippen LogP contribution in [0.25, 0.3) is 0 Å². The highest BCUT2D eigenvalue weighted by molar-refractivity contribution is 4.64. The topological polar surface area (TPSA) is 26.0 Å². The van der Waals surface area contributed by atoms with Crippen LogP contribution in [0.3, 0.4) is 0 Å². The lowest BCUT2D eigenvalue weighted by Crippen LogP contribution is -2.21. The van der Waals surface area contributed by atoms with Crippen molar-refractivity contribution in [2.75, 3.05) is 6.54 Å². The lowest BCUT2D eigenvalue weighted by Gasteiger charge is -2.21. The lowest BCUT2D eigenvalue weighted by molar-refractivity contribution is 0.302. The van der Waals surface area contributed by atoms with Crippen LogP contribution in [0.5, 0.6) is 0 Å². The van der Waals surface area contributed by atoms with E-state index >= 15 is 0 Å². The highest BCUT2D eigenvalue weighted by Gasteiger charge is 2.13. The third kappa shape index (κ3) is 2.85. The van der Waals surface area contributed by atoms with Crippen LogP contribution in [-0.4, -0.2) is 6.54 Å². The minimum absolute atomic E-state index is 0.671. The van der Waals surface area contributed by atoms with Crippen LogP contribution in [0.1, 0.15) is 27.7 Å². The van der Waals surface area contributed by atoms with E-state index in [1.54, 1.807) is 0 Å². The normalized spacial score (nSPS) is 18.0. The fourth-order valence-electron chi connectivity index (χ4n) is 0.872. The van der Waals surface area contributed by atoms with E-state index < -0.39 is 0 Å². The summed E-state index contributed by atoms with van der Waals surface area (Å²) in [5.41, 5.74) is 5.51. The summed E-state index contributed by atoms with van der Waals surface area (Å²) < 4.78 is 0. The van der Waals surface area contributed by atoms with Gasteiger partial charge in [0.15, 0.2) is 0 Å². The van der Waals surface area contributed by atoms with Gasteiger partial charge in [0, 0.05) is 0 Å². The molecule has 0 amide bonds. The van der Waals surface area contributed by atoms with E-state index in [1.165, 1.54) is 0 Å². The molecule has 2 atom stereocenters. The fourth-order valence-corrected chi connectivity index (χ4v) is 0.872. The zero-order chi connectivity index (χ0) is 7.44. The lowest BCUT2D eigenvalue weighted by atomic mass is 9.86. The molecule has 0 spiro atoms.